The number of halogens is 1. The van der Waals surface area contributed by atoms with Crippen LogP contribution in [-0.2, 0) is 11.2 Å². The molecule has 0 bridgehead atoms. The first kappa shape index (κ1) is 13.8. The van der Waals surface area contributed by atoms with E-state index in [1.807, 2.05) is 6.07 Å². The Labute approximate surface area is 106 Å². The normalized spacial score (nSPS) is 12.5. The highest BCUT2D eigenvalue weighted by Crippen LogP contribution is 2.25. The average Bonchev–Trinajstić information content (AvgIpc) is 2.25. The minimum Gasteiger partial charge on any atom is -0.495 e. The number of nitrogens with zero attached hydrogens (tertiary/aromatic N) is 1. The number of carbonyl (C=O) groups is 1. The summed E-state index contributed by atoms with van der Waals surface area (Å²) in [5, 5.41) is 9.57. The molecule has 1 aromatic carbocycles. The largest absolute Gasteiger partial charge is 0.495 e. The van der Waals surface area contributed by atoms with Crippen molar-refractivity contribution >= 4 is 17.6 Å². The fourth-order valence-corrected chi connectivity index (χ4v) is 1.83. The molecule has 0 unspecified atom stereocenters. The van der Waals surface area contributed by atoms with Gasteiger partial charge in [-0.1, -0.05) is 17.7 Å². The number of carboxylic acid groups (broad SMARTS) is 1. The van der Waals surface area contributed by atoms with Crippen LogP contribution >= 0.6 is 11.6 Å². The van der Waals surface area contributed by atoms with Crippen LogP contribution in [0.4, 0.5) is 0 Å². The summed E-state index contributed by atoms with van der Waals surface area (Å²) >= 11 is 5.99. The Kier molecular flexibility index (Phi) is 4.78. The fraction of sp³-hybridized carbons (Fsp3) is 0.417. The number of ether oxygens (including phenoxy) is 1. The molecule has 0 aromatic heterocycles. The van der Waals surface area contributed by atoms with E-state index in [4.69, 9.17) is 21.4 Å². The van der Waals surface area contributed by atoms with Crippen molar-refractivity contribution in [2.75, 3.05) is 21.2 Å². The molecular formula is C12H16ClNO3. The van der Waals surface area contributed by atoms with Crippen molar-refractivity contribution in [2.24, 2.45) is 0 Å². The Morgan fingerprint density at radius 1 is 1.53 bits per heavy atom. The van der Waals surface area contributed by atoms with E-state index in [1.165, 1.54) is 0 Å². The molecule has 1 rings (SSSR count). The van der Waals surface area contributed by atoms with Gasteiger partial charge >= 0.3 is 5.97 Å². The molecule has 1 N–H and O–H groups in total. The first-order chi connectivity index (χ1) is 7.95. The van der Waals surface area contributed by atoms with Gasteiger partial charge in [0.25, 0.3) is 0 Å². The Morgan fingerprint density at radius 3 is 2.59 bits per heavy atom. The molecule has 0 saturated heterocycles. The van der Waals surface area contributed by atoms with E-state index in [0.29, 0.717) is 17.2 Å². The molecule has 17 heavy (non-hydrogen) atoms. The lowest BCUT2D eigenvalue weighted by Gasteiger charge is -2.20. The number of hydrogen-bond acceptors (Lipinski definition) is 3. The number of benzene rings is 1. The van der Waals surface area contributed by atoms with E-state index in [1.54, 1.807) is 38.2 Å². The molecule has 5 heteroatoms. The Morgan fingerprint density at radius 2 is 2.18 bits per heavy atom. The Hall–Kier alpha value is -1.26. The van der Waals surface area contributed by atoms with E-state index < -0.39 is 12.0 Å². The summed E-state index contributed by atoms with van der Waals surface area (Å²) < 4.78 is 5.04. The van der Waals surface area contributed by atoms with Crippen LogP contribution in [0, 0.1) is 0 Å². The van der Waals surface area contributed by atoms with Crippen LogP contribution in [0.25, 0.3) is 0 Å². The predicted octanol–water partition coefficient (Wildman–Crippen LogP) is 1.91. The van der Waals surface area contributed by atoms with Crippen molar-refractivity contribution in [1.82, 2.24) is 4.90 Å². The molecule has 0 amide bonds. The molecule has 0 saturated carbocycles. The second-order valence-corrected chi connectivity index (χ2v) is 4.40. The Bertz CT molecular complexity index is 407. The molecule has 0 radical (unpaired) electrons. The van der Waals surface area contributed by atoms with Gasteiger partial charge in [-0.2, -0.15) is 0 Å². The van der Waals surface area contributed by atoms with Crippen molar-refractivity contribution in [3.05, 3.63) is 28.8 Å². The van der Waals surface area contributed by atoms with Gasteiger partial charge in [0, 0.05) is 0 Å². The predicted molar refractivity (Wildman–Crippen MR) is 66.8 cm³/mol. The van der Waals surface area contributed by atoms with Gasteiger partial charge in [0.1, 0.15) is 11.8 Å². The summed E-state index contributed by atoms with van der Waals surface area (Å²) in [5.41, 5.74) is 0.872. The van der Waals surface area contributed by atoms with Gasteiger partial charge < -0.3 is 9.84 Å². The van der Waals surface area contributed by atoms with E-state index in [-0.39, 0.29) is 0 Å². The van der Waals surface area contributed by atoms with Gasteiger partial charge in [0.15, 0.2) is 0 Å². The van der Waals surface area contributed by atoms with Crippen molar-refractivity contribution < 1.29 is 14.6 Å². The molecule has 0 aliphatic rings. The second-order valence-electron chi connectivity index (χ2n) is 3.99. The number of likely N-dealkylation sites (N-methyl/N-ethyl adjacent to an activating group) is 1. The smallest absolute Gasteiger partial charge is 0.321 e. The highest BCUT2D eigenvalue weighted by Gasteiger charge is 2.20. The van der Waals surface area contributed by atoms with Crippen molar-refractivity contribution in [3.8, 4) is 5.75 Å². The van der Waals surface area contributed by atoms with Crippen molar-refractivity contribution in [3.63, 3.8) is 0 Å². The third kappa shape index (κ3) is 3.61. The van der Waals surface area contributed by atoms with Crippen LogP contribution in [0.3, 0.4) is 0 Å². The lowest BCUT2D eigenvalue weighted by Crippen LogP contribution is -2.37. The van der Waals surface area contributed by atoms with Gasteiger partial charge in [-0.25, -0.2) is 0 Å². The second kappa shape index (κ2) is 5.89. The van der Waals surface area contributed by atoms with Crippen LogP contribution in [0.5, 0.6) is 5.75 Å². The van der Waals surface area contributed by atoms with Crippen LogP contribution in [0.15, 0.2) is 18.2 Å². The SMILES string of the molecule is COc1ccc(C[C@H](C(=O)O)N(C)C)cc1Cl. The van der Waals surface area contributed by atoms with Crippen LogP contribution in [0.2, 0.25) is 5.02 Å². The molecule has 0 spiro atoms. The minimum absolute atomic E-state index is 0.409. The van der Waals surface area contributed by atoms with Gasteiger partial charge in [-0.15, -0.1) is 0 Å². The van der Waals surface area contributed by atoms with E-state index in [0.717, 1.165) is 5.56 Å². The van der Waals surface area contributed by atoms with Crippen LogP contribution in [-0.4, -0.2) is 43.2 Å². The first-order valence-corrected chi connectivity index (χ1v) is 5.55. The van der Waals surface area contributed by atoms with Crippen LogP contribution in [0.1, 0.15) is 5.56 Å². The summed E-state index contributed by atoms with van der Waals surface area (Å²) in [6, 6.07) is 4.75. The molecule has 4 nitrogen and oxygen atoms in total. The monoisotopic (exact) mass is 257 g/mol. The number of hydrogen-bond donors (Lipinski definition) is 1. The average molecular weight is 258 g/mol. The fourth-order valence-electron chi connectivity index (χ4n) is 1.55. The highest BCUT2D eigenvalue weighted by molar-refractivity contribution is 6.32. The lowest BCUT2D eigenvalue weighted by atomic mass is 10.1. The standard InChI is InChI=1S/C12H16ClNO3/c1-14(2)10(12(15)16)7-8-4-5-11(17-3)9(13)6-8/h4-6,10H,7H2,1-3H3,(H,15,16)/t10-/m1/s1. The number of methoxy groups -OCH3 is 1. The molecule has 0 heterocycles. The summed E-state index contributed by atoms with van der Waals surface area (Å²) in [5.74, 6) is -0.255. The van der Waals surface area contributed by atoms with Gasteiger partial charge in [0.2, 0.25) is 0 Å². The quantitative estimate of drug-likeness (QED) is 0.875. The van der Waals surface area contributed by atoms with Crippen LogP contribution < -0.4 is 4.74 Å². The lowest BCUT2D eigenvalue weighted by molar-refractivity contribution is -0.142. The maximum Gasteiger partial charge on any atom is 0.321 e. The summed E-state index contributed by atoms with van der Waals surface area (Å²) in [6.07, 6.45) is 0.409. The molecule has 94 valence electrons. The molecule has 1 aromatic rings. The molecule has 0 fully saturated rings. The third-order valence-electron chi connectivity index (χ3n) is 2.55. The van der Waals surface area contributed by atoms with Crippen molar-refractivity contribution in [1.29, 1.82) is 0 Å². The maximum absolute atomic E-state index is 11.1. The van der Waals surface area contributed by atoms with Gasteiger partial charge in [-0.3, -0.25) is 9.69 Å². The topological polar surface area (TPSA) is 49.8 Å². The molecule has 1 atom stereocenters. The summed E-state index contributed by atoms with van der Waals surface area (Å²) in [6.45, 7) is 0. The van der Waals surface area contributed by atoms with Gasteiger partial charge in [-0.05, 0) is 38.2 Å². The van der Waals surface area contributed by atoms with E-state index in [2.05, 4.69) is 0 Å². The number of aliphatic carboxylic acids is 1. The number of rotatable bonds is 5. The van der Waals surface area contributed by atoms with Crippen molar-refractivity contribution in [2.45, 2.75) is 12.5 Å². The van der Waals surface area contributed by atoms with E-state index in [9.17, 15) is 4.79 Å². The zero-order valence-electron chi connectivity index (χ0n) is 10.1. The summed E-state index contributed by atoms with van der Waals surface area (Å²) in [4.78, 5) is 12.7. The highest BCUT2D eigenvalue weighted by atomic mass is 35.5. The molecule has 0 aliphatic heterocycles. The maximum atomic E-state index is 11.1. The van der Waals surface area contributed by atoms with Gasteiger partial charge in [0.05, 0.1) is 12.1 Å². The number of carboxylic acids is 1. The molecule has 0 aliphatic carbocycles. The molecular weight excluding hydrogens is 242 g/mol. The first-order valence-electron chi connectivity index (χ1n) is 5.17. The Balaban J connectivity index is 2.87. The minimum atomic E-state index is -0.845. The van der Waals surface area contributed by atoms with E-state index >= 15 is 0 Å². The zero-order valence-corrected chi connectivity index (χ0v) is 10.9. The summed E-state index contributed by atoms with van der Waals surface area (Å²) in [7, 11) is 5.02. The zero-order chi connectivity index (χ0) is 13.0. The third-order valence-corrected chi connectivity index (χ3v) is 2.85.